The second-order valence-electron chi connectivity index (χ2n) is 2.02. The lowest BCUT2D eigenvalue weighted by Crippen LogP contribution is -1.88. The molecule has 0 aromatic carbocycles. The highest BCUT2D eigenvalue weighted by molar-refractivity contribution is 5.22. The average molecular weight is 123 g/mol. The number of hydrogen-bond donors (Lipinski definition) is 0. The Morgan fingerprint density at radius 3 is 3.33 bits per heavy atom. The number of hydrogen-bond acceptors (Lipinski definition) is 2. The third kappa shape index (κ3) is 0.707. The SMILES string of the molecule is [C]1=C2OCOC2=CCC1. The summed E-state index contributed by atoms with van der Waals surface area (Å²) >= 11 is 0. The van der Waals surface area contributed by atoms with Crippen molar-refractivity contribution in [1.29, 1.82) is 0 Å². The molecule has 1 saturated heterocycles. The number of fused-ring (bicyclic) bond motifs is 1. The molecule has 9 heavy (non-hydrogen) atoms. The predicted molar refractivity (Wildman–Crippen MR) is 31.1 cm³/mol. The largest absolute Gasteiger partial charge is 0.454 e. The Kier molecular flexibility index (Phi) is 0.979. The van der Waals surface area contributed by atoms with E-state index in [1.54, 1.807) is 0 Å². The highest BCUT2D eigenvalue weighted by atomic mass is 16.7. The van der Waals surface area contributed by atoms with Crippen LogP contribution in [0.15, 0.2) is 17.6 Å². The molecule has 0 amide bonds. The highest BCUT2D eigenvalue weighted by Crippen LogP contribution is 2.25. The van der Waals surface area contributed by atoms with Gasteiger partial charge in [-0.1, -0.05) is 0 Å². The smallest absolute Gasteiger partial charge is 0.231 e. The van der Waals surface area contributed by atoms with Crippen LogP contribution < -0.4 is 0 Å². The van der Waals surface area contributed by atoms with Gasteiger partial charge in [-0.2, -0.15) is 0 Å². The van der Waals surface area contributed by atoms with Gasteiger partial charge in [-0.05, 0) is 18.9 Å². The fraction of sp³-hybridized carbons (Fsp3) is 0.429. The molecule has 2 heteroatoms. The Bertz CT molecular complexity index is 159. The minimum atomic E-state index is 0.369. The maximum atomic E-state index is 5.10. The highest BCUT2D eigenvalue weighted by Gasteiger charge is 2.17. The summed E-state index contributed by atoms with van der Waals surface area (Å²) in [5.41, 5.74) is 0. The van der Waals surface area contributed by atoms with Gasteiger partial charge in [-0.25, -0.2) is 0 Å². The van der Waals surface area contributed by atoms with Crippen molar-refractivity contribution in [2.75, 3.05) is 6.79 Å². The number of rotatable bonds is 0. The van der Waals surface area contributed by atoms with Gasteiger partial charge in [0, 0.05) is 6.08 Å². The summed E-state index contributed by atoms with van der Waals surface area (Å²) < 4.78 is 10.2. The second kappa shape index (κ2) is 1.79. The molecule has 0 saturated carbocycles. The molecular formula is C7H7O2. The van der Waals surface area contributed by atoms with Gasteiger partial charge in [-0.15, -0.1) is 0 Å². The van der Waals surface area contributed by atoms with E-state index in [0.29, 0.717) is 6.79 Å². The summed E-state index contributed by atoms with van der Waals surface area (Å²) in [6.07, 6.45) is 7.11. The molecule has 0 aromatic rings. The summed E-state index contributed by atoms with van der Waals surface area (Å²) in [6, 6.07) is 0. The van der Waals surface area contributed by atoms with Gasteiger partial charge < -0.3 is 9.47 Å². The first kappa shape index (κ1) is 4.91. The van der Waals surface area contributed by atoms with E-state index >= 15 is 0 Å². The van der Waals surface area contributed by atoms with E-state index in [1.807, 2.05) is 6.08 Å². The van der Waals surface area contributed by atoms with Crippen molar-refractivity contribution in [2.24, 2.45) is 0 Å². The molecule has 1 aliphatic carbocycles. The molecule has 1 radical (unpaired) electrons. The molecule has 2 rings (SSSR count). The van der Waals surface area contributed by atoms with Crippen LogP contribution in [0.4, 0.5) is 0 Å². The molecule has 1 heterocycles. The molecule has 0 aromatic heterocycles. The van der Waals surface area contributed by atoms with E-state index in [4.69, 9.17) is 9.47 Å². The maximum Gasteiger partial charge on any atom is 0.231 e. The molecular weight excluding hydrogens is 116 g/mol. The molecule has 0 bridgehead atoms. The van der Waals surface area contributed by atoms with Crippen LogP contribution in [0.3, 0.4) is 0 Å². The summed E-state index contributed by atoms with van der Waals surface area (Å²) in [5.74, 6) is 1.68. The van der Waals surface area contributed by atoms with Crippen LogP contribution in [0, 0.1) is 6.08 Å². The van der Waals surface area contributed by atoms with Crippen LogP contribution in [0.25, 0.3) is 0 Å². The van der Waals surface area contributed by atoms with Gasteiger partial charge in [0.2, 0.25) is 6.79 Å². The van der Waals surface area contributed by atoms with E-state index in [9.17, 15) is 0 Å². The van der Waals surface area contributed by atoms with Crippen LogP contribution in [0.1, 0.15) is 12.8 Å². The summed E-state index contributed by atoms with van der Waals surface area (Å²) in [7, 11) is 0. The zero-order chi connectivity index (χ0) is 6.10. The van der Waals surface area contributed by atoms with Crippen molar-refractivity contribution in [3.8, 4) is 0 Å². The molecule has 0 atom stereocenters. The van der Waals surface area contributed by atoms with Crippen LogP contribution in [0.5, 0.6) is 0 Å². The third-order valence-electron chi connectivity index (χ3n) is 1.40. The summed E-state index contributed by atoms with van der Waals surface area (Å²) in [5, 5.41) is 0. The fourth-order valence-electron chi connectivity index (χ4n) is 0.967. The van der Waals surface area contributed by atoms with Gasteiger partial charge in [0.05, 0.1) is 0 Å². The van der Waals surface area contributed by atoms with Crippen LogP contribution in [0.2, 0.25) is 0 Å². The first-order chi connectivity index (χ1) is 4.47. The average Bonchev–Trinajstić information content (AvgIpc) is 2.33. The molecule has 2 aliphatic rings. The minimum absolute atomic E-state index is 0.369. The van der Waals surface area contributed by atoms with Gasteiger partial charge in [0.15, 0.2) is 11.5 Å². The Hall–Kier alpha value is -0.920. The van der Waals surface area contributed by atoms with E-state index in [0.717, 1.165) is 24.4 Å². The third-order valence-corrected chi connectivity index (χ3v) is 1.40. The molecule has 0 spiro atoms. The first-order valence-corrected chi connectivity index (χ1v) is 3.04. The van der Waals surface area contributed by atoms with E-state index in [1.165, 1.54) is 0 Å². The van der Waals surface area contributed by atoms with Crippen molar-refractivity contribution in [3.05, 3.63) is 23.7 Å². The Morgan fingerprint density at radius 1 is 1.44 bits per heavy atom. The Balaban J connectivity index is 2.30. The standard InChI is InChI=1S/C7H7O2/c1-2-4-7-6(3-1)8-5-9-7/h3H,1-2,5H2. The van der Waals surface area contributed by atoms with E-state index < -0.39 is 0 Å². The normalized spacial score (nSPS) is 23.1. The van der Waals surface area contributed by atoms with Gasteiger partial charge in [0.1, 0.15) is 0 Å². The quantitative estimate of drug-likeness (QED) is 0.484. The predicted octanol–water partition coefficient (Wildman–Crippen LogP) is 1.36. The van der Waals surface area contributed by atoms with Crippen LogP contribution in [-0.4, -0.2) is 6.79 Å². The summed E-state index contributed by atoms with van der Waals surface area (Å²) in [6.45, 7) is 0.369. The Morgan fingerprint density at radius 2 is 2.44 bits per heavy atom. The molecule has 1 fully saturated rings. The van der Waals surface area contributed by atoms with Crippen molar-refractivity contribution in [2.45, 2.75) is 12.8 Å². The van der Waals surface area contributed by atoms with Crippen molar-refractivity contribution >= 4 is 0 Å². The molecule has 47 valence electrons. The maximum absolute atomic E-state index is 5.10. The zero-order valence-corrected chi connectivity index (χ0v) is 5.02. The summed E-state index contributed by atoms with van der Waals surface area (Å²) in [4.78, 5) is 0. The number of ether oxygens (including phenoxy) is 2. The molecule has 2 nitrogen and oxygen atoms in total. The second-order valence-corrected chi connectivity index (χ2v) is 2.02. The minimum Gasteiger partial charge on any atom is -0.454 e. The van der Waals surface area contributed by atoms with Gasteiger partial charge >= 0.3 is 0 Å². The van der Waals surface area contributed by atoms with Gasteiger partial charge in [0.25, 0.3) is 0 Å². The van der Waals surface area contributed by atoms with Gasteiger partial charge in [-0.3, -0.25) is 0 Å². The van der Waals surface area contributed by atoms with Crippen LogP contribution >= 0.6 is 0 Å². The zero-order valence-electron chi connectivity index (χ0n) is 5.02. The molecule has 1 aliphatic heterocycles. The lowest BCUT2D eigenvalue weighted by Gasteiger charge is -2.00. The van der Waals surface area contributed by atoms with Crippen LogP contribution in [-0.2, 0) is 9.47 Å². The van der Waals surface area contributed by atoms with Crippen molar-refractivity contribution in [1.82, 2.24) is 0 Å². The Labute approximate surface area is 53.8 Å². The topological polar surface area (TPSA) is 18.5 Å². The lowest BCUT2D eigenvalue weighted by molar-refractivity contribution is 0.0974. The van der Waals surface area contributed by atoms with Crippen molar-refractivity contribution < 1.29 is 9.47 Å². The van der Waals surface area contributed by atoms with E-state index in [2.05, 4.69) is 6.08 Å². The van der Waals surface area contributed by atoms with E-state index in [-0.39, 0.29) is 0 Å². The van der Waals surface area contributed by atoms with Crippen molar-refractivity contribution in [3.63, 3.8) is 0 Å². The molecule has 0 N–H and O–H groups in total. The monoisotopic (exact) mass is 123 g/mol. The lowest BCUT2D eigenvalue weighted by atomic mass is 10.1. The fourth-order valence-corrected chi connectivity index (χ4v) is 0.967. The molecule has 0 unspecified atom stereocenters. The number of allylic oxidation sites excluding steroid dienone is 2. The first-order valence-electron chi connectivity index (χ1n) is 3.04.